The fraction of sp³-hybridized carbons (Fsp3) is 0.143. The Morgan fingerprint density at radius 2 is 1.96 bits per heavy atom. The van der Waals surface area contributed by atoms with E-state index in [4.69, 9.17) is 4.74 Å². The summed E-state index contributed by atoms with van der Waals surface area (Å²) in [6, 6.07) is 13.8. The monoisotopic (exact) mass is 490 g/mol. The number of carbonyl (C=O) groups is 1. The summed E-state index contributed by atoms with van der Waals surface area (Å²) in [6.07, 6.45) is 1.75. The fourth-order valence-electron chi connectivity index (χ4n) is 2.98. The van der Waals surface area contributed by atoms with Crippen LogP contribution in [0.3, 0.4) is 0 Å². The number of ether oxygens (including phenoxy) is 1. The number of hydrogen-bond donors (Lipinski definition) is 1. The SMILES string of the molecule is C.CNC(=O)c1c(C)sc2cc(Oc3ccnc4ccc(I)cc34)ccc12. The predicted octanol–water partition coefficient (Wildman–Crippen LogP) is 6.15. The van der Waals surface area contributed by atoms with Gasteiger partial charge in [0, 0.05) is 37.2 Å². The van der Waals surface area contributed by atoms with E-state index in [1.807, 2.05) is 43.3 Å². The van der Waals surface area contributed by atoms with Gasteiger partial charge in [-0.3, -0.25) is 9.78 Å². The van der Waals surface area contributed by atoms with E-state index in [9.17, 15) is 4.79 Å². The highest BCUT2D eigenvalue weighted by Crippen LogP contribution is 2.36. The maximum atomic E-state index is 12.1. The summed E-state index contributed by atoms with van der Waals surface area (Å²) in [5.74, 6) is 1.46. The molecule has 0 unspecified atom stereocenters. The van der Waals surface area contributed by atoms with E-state index in [2.05, 4.69) is 39.0 Å². The Morgan fingerprint density at radius 1 is 1.15 bits per heavy atom. The van der Waals surface area contributed by atoms with Gasteiger partial charge in [0.15, 0.2) is 0 Å². The van der Waals surface area contributed by atoms with E-state index in [-0.39, 0.29) is 13.3 Å². The zero-order valence-corrected chi connectivity index (χ0v) is 17.1. The van der Waals surface area contributed by atoms with Crippen molar-refractivity contribution in [3.05, 3.63) is 62.7 Å². The Kier molecular flexibility index (Phi) is 5.67. The van der Waals surface area contributed by atoms with Crippen molar-refractivity contribution >= 4 is 60.8 Å². The van der Waals surface area contributed by atoms with Gasteiger partial charge in [-0.05, 0) is 72.0 Å². The minimum atomic E-state index is -0.0582. The van der Waals surface area contributed by atoms with Gasteiger partial charge < -0.3 is 10.1 Å². The summed E-state index contributed by atoms with van der Waals surface area (Å²) in [5.41, 5.74) is 1.64. The summed E-state index contributed by atoms with van der Waals surface area (Å²) in [5, 5.41) is 4.64. The molecule has 1 N–H and O–H groups in total. The maximum absolute atomic E-state index is 12.1. The third kappa shape index (κ3) is 3.64. The number of aryl methyl sites for hydroxylation is 1. The summed E-state index contributed by atoms with van der Waals surface area (Å²) in [6.45, 7) is 1.97. The van der Waals surface area contributed by atoms with Crippen LogP contribution in [0.5, 0.6) is 11.5 Å². The van der Waals surface area contributed by atoms with Gasteiger partial charge in [0.1, 0.15) is 11.5 Å². The number of aromatic nitrogens is 1. The average molecular weight is 490 g/mol. The number of hydrogen-bond acceptors (Lipinski definition) is 4. The number of pyridine rings is 1. The standard InChI is InChI=1S/C20H15IN2O2S.CH4/c1-11-19(20(24)22-2)14-5-4-13(10-18(14)26-11)25-17-7-8-23-16-6-3-12(21)9-15(16)17;/h3-10H,1-2H3,(H,22,24);1H4. The zero-order chi connectivity index (χ0) is 18.3. The van der Waals surface area contributed by atoms with Crippen LogP contribution in [0.15, 0.2) is 48.7 Å². The lowest BCUT2D eigenvalue weighted by molar-refractivity contribution is 0.0964. The quantitative estimate of drug-likeness (QED) is 0.351. The van der Waals surface area contributed by atoms with Crippen LogP contribution in [0.1, 0.15) is 22.7 Å². The van der Waals surface area contributed by atoms with Crippen LogP contribution in [0.25, 0.3) is 21.0 Å². The number of nitrogens with zero attached hydrogens (tertiary/aromatic N) is 1. The van der Waals surface area contributed by atoms with E-state index in [1.165, 1.54) is 0 Å². The molecule has 2 heterocycles. The van der Waals surface area contributed by atoms with Crippen molar-refractivity contribution in [2.24, 2.45) is 0 Å². The number of thiophene rings is 1. The molecule has 0 saturated carbocycles. The van der Waals surface area contributed by atoms with Crippen molar-refractivity contribution < 1.29 is 9.53 Å². The number of halogens is 1. The van der Waals surface area contributed by atoms with E-state index in [1.54, 1.807) is 24.6 Å². The largest absolute Gasteiger partial charge is 0.457 e. The molecule has 0 fully saturated rings. The second-order valence-electron chi connectivity index (χ2n) is 5.84. The molecule has 4 nitrogen and oxygen atoms in total. The molecule has 0 saturated heterocycles. The molecule has 0 radical (unpaired) electrons. The first kappa shape index (κ1) is 19.6. The lowest BCUT2D eigenvalue weighted by Crippen LogP contribution is -2.18. The zero-order valence-electron chi connectivity index (χ0n) is 14.2. The number of nitrogens with one attached hydrogen (secondary N) is 1. The van der Waals surface area contributed by atoms with E-state index < -0.39 is 0 Å². The summed E-state index contributed by atoms with van der Waals surface area (Å²) < 4.78 is 8.32. The molecule has 27 heavy (non-hydrogen) atoms. The van der Waals surface area contributed by atoms with Gasteiger partial charge in [-0.2, -0.15) is 0 Å². The van der Waals surface area contributed by atoms with Crippen LogP contribution >= 0.6 is 33.9 Å². The summed E-state index contributed by atoms with van der Waals surface area (Å²) in [4.78, 5) is 17.5. The molecule has 138 valence electrons. The lowest BCUT2D eigenvalue weighted by Gasteiger charge is -2.09. The fourth-order valence-corrected chi connectivity index (χ4v) is 4.56. The van der Waals surface area contributed by atoms with Gasteiger partial charge in [-0.25, -0.2) is 0 Å². The third-order valence-corrected chi connectivity index (χ3v) is 5.92. The Hall–Kier alpha value is -2.19. The molecule has 4 rings (SSSR count). The molecule has 0 aliphatic heterocycles. The Labute approximate surface area is 175 Å². The van der Waals surface area contributed by atoms with Crippen LogP contribution in [-0.4, -0.2) is 17.9 Å². The first-order valence-electron chi connectivity index (χ1n) is 8.04. The minimum Gasteiger partial charge on any atom is -0.457 e. The molecule has 0 spiro atoms. The van der Waals surface area contributed by atoms with Crippen LogP contribution in [0.4, 0.5) is 0 Å². The molecule has 0 atom stereocenters. The molecule has 0 bridgehead atoms. The van der Waals surface area contributed by atoms with Crippen LogP contribution in [0.2, 0.25) is 0 Å². The molecule has 1 amide bonds. The first-order chi connectivity index (χ1) is 12.6. The predicted molar refractivity (Wildman–Crippen MR) is 121 cm³/mol. The molecule has 0 aliphatic rings. The van der Waals surface area contributed by atoms with Crippen LogP contribution in [0, 0.1) is 10.5 Å². The second-order valence-corrected chi connectivity index (χ2v) is 8.34. The van der Waals surface area contributed by atoms with Crippen molar-refractivity contribution in [3.63, 3.8) is 0 Å². The average Bonchev–Trinajstić information content (AvgIpc) is 2.96. The smallest absolute Gasteiger partial charge is 0.252 e. The highest BCUT2D eigenvalue weighted by Gasteiger charge is 2.16. The van der Waals surface area contributed by atoms with Gasteiger partial charge in [-0.15, -0.1) is 11.3 Å². The second kappa shape index (κ2) is 7.82. The Balaban J connectivity index is 0.00000210. The van der Waals surface area contributed by atoms with Gasteiger partial charge in [0.05, 0.1) is 11.1 Å². The lowest BCUT2D eigenvalue weighted by atomic mass is 10.1. The van der Waals surface area contributed by atoms with Gasteiger partial charge >= 0.3 is 0 Å². The normalized spacial score (nSPS) is 10.6. The van der Waals surface area contributed by atoms with Crippen LogP contribution < -0.4 is 10.1 Å². The Morgan fingerprint density at radius 3 is 2.74 bits per heavy atom. The van der Waals surface area contributed by atoms with Crippen molar-refractivity contribution in [1.82, 2.24) is 10.3 Å². The van der Waals surface area contributed by atoms with E-state index in [0.29, 0.717) is 0 Å². The molecule has 6 heteroatoms. The molecular weight excluding hydrogens is 471 g/mol. The summed E-state index contributed by atoms with van der Waals surface area (Å²) >= 11 is 3.88. The highest BCUT2D eigenvalue weighted by molar-refractivity contribution is 14.1. The molecule has 2 aromatic heterocycles. The van der Waals surface area contributed by atoms with Gasteiger partial charge in [0.25, 0.3) is 5.91 Å². The summed E-state index contributed by atoms with van der Waals surface area (Å²) in [7, 11) is 1.65. The number of fused-ring (bicyclic) bond motifs is 2. The van der Waals surface area contributed by atoms with E-state index in [0.717, 1.165) is 46.5 Å². The van der Waals surface area contributed by atoms with Gasteiger partial charge in [-0.1, -0.05) is 7.43 Å². The first-order valence-corrected chi connectivity index (χ1v) is 9.93. The Bertz CT molecular complexity index is 1150. The maximum Gasteiger partial charge on any atom is 0.252 e. The van der Waals surface area contributed by atoms with Crippen LogP contribution in [-0.2, 0) is 0 Å². The molecular formula is C21H19IN2O2S. The number of benzene rings is 2. The minimum absolute atomic E-state index is 0. The van der Waals surface area contributed by atoms with Crippen molar-refractivity contribution in [1.29, 1.82) is 0 Å². The number of carbonyl (C=O) groups excluding carboxylic acids is 1. The molecule has 2 aromatic carbocycles. The highest BCUT2D eigenvalue weighted by atomic mass is 127. The van der Waals surface area contributed by atoms with E-state index >= 15 is 0 Å². The number of rotatable bonds is 3. The van der Waals surface area contributed by atoms with Crippen molar-refractivity contribution in [3.8, 4) is 11.5 Å². The molecule has 0 aliphatic carbocycles. The number of amides is 1. The topological polar surface area (TPSA) is 51.2 Å². The molecule has 4 aromatic rings. The van der Waals surface area contributed by atoms with Crippen molar-refractivity contribution in [2.75, 3.05) is 7.05 Å². The van der Waals surface area contributed by atoms with Gasteiger partial charge in [0.2, 0.25) is 0 Å². The third-order valence-electron chi connectivity index (χ3n) is 4.18. The van der Waals surface area contributed by atoms with Crippen molar-refractivity contribution in [2.45, 2.75) is 14.4 Å².